The van der Waals surface area contributed by atoms with Gasteiger partial charge in [-0.05, 0) is 85.3 Å². The van der Waals surface area contributed by atoms with E-state index in [1.807, 2.05) is 41.5 Å². The lowest BCUT2D eigenvalue weighted by molar-refractivity contribution is -0.166. The molecule has 0 aromatic heterocycles. The van der Waals surface area contributed by atoms with Crippen molar-refractivity contribution in [1.82, 2.24) is 24.9 Å². The lowest BCUT2D eigenvalue weighted by Gasteiger charge is -2.39. The van der Waals surface area contributed by atoms with E-state index in [0.717, 1.165) is 5.56 Å². The van der Waals surface area contributed by atoms with Crippen molar-refractivity contribution in [2.75, 3.05) is 34.8 Å². The lowest BCUT2D eigenvalue weighted by atomic mass is 9.81. The van der Waals surface area contributed by atoms with Gasteiger partial charge in [0.15, 0.2) is 0 Å². The number of amides is 5. The smallest absolute Gasteiger partial charge is 0.329 e. The number of carbonyl (C=O) groups is 6. The van der Waals surface area contributed by atoms with Crippen molar-refractivity contribution >= 4 is 35.5 Å². The van der Waals surface area contributed by atoms with Gasteiger partial charge in [0.25, 0.3) is 5.91 Å². The molecule has 2 N–H and O–H groups in total. The van der Waals surface area contributed by atoms with Gasteiger partial charge < -0.3 is 39.5 Å². The lowest BCUT2D eigenvalue weighted by Crippen LogP contribution is -2.59. The number of likely N-dealkylation sites (N-methyl/N-ethyl adjacent to an activating group) is 2. The topological polar surface area (TPSA) is 166 Å². The summed E-state index contributed by atoms with van der Waals surface area (Å²) in [6, 6.07) is 10.0. The molecule has 2 bridgehead atoms. The number of rotatable bonds is 5. The van der Waals surface area contributed by atoms with E-state index >= 15 is 0 Å². The molecule has 342 valence electrons. The number of ether oxygens (including phenoxy) is 2. The molecule has 0 saturated carbocycles. The fourth-order valence-electron chi connectivity index (χ4n) is 8.48. The fraction of sp³-hybridized carbons (Fsp3) is 0.625. The largest absolute Gasteiger partial charge is 0.497 e. The van der Waals surface area contributed by atoms with Crippen molar-refractivity contribution in [1.29, 1.82) is 0 Å². The zero-order valence-corrected chi connectivity index (χ0v) is 39.0. The number of hydrogen-bond acceptors (Lipinski definition) is 9. The number of esters is 1. The van der Waals surface area contributed by atoms with Gasteiger partial charge in [0.2, 0.25) is 23.6 Å². The summed E-state index contributed by atoms with van der Waals surface area (Å²) in [5.74, 6) is -3.21. The minimum Gasteiger partial charge on any atom is -0.497 e. The first-order valence-electron chi connectivity index (χ1n) is 22.1. The molecule has 2 aliphatic heterocycles. The quantitative estimate of drug-likeness (QED) is 0.390. The SMILES string of the molecule is CC[C@H](C)[C@H]1C(=O)N2CCC[C@H]2C(=O)O[C@H](C(C)(C)C)C[C@@H](C)C[C@H](O)[C@H](C)C(=O)N(C)Cc2cccc(c2)C(=O)N[C@@H](Cc2ccc(OC)cc2)C(=O)N(C)[C@@H](C)C(=O)N1C. The number of aliphatic hydroxyl groups is 1. The summed E-state index contributed by atoms with van der Waals surface area (Å²) < 4.78 is 11.6. The number of aliphatic hydroxyl groups excluding tert-OH is 1. The van der Waals surface area contributed by atoms with Crippen LogP contribution < -0.4 is 10.1 Å². The average molecular weight is 862 g/mol. The first-order valence-corrected chi connectivity index (χ1v) is 22.1. The van der Waals surface area contributed by atoms with Gasteiger partial charge >= 0.3 is 5.97 Å². The van der Waals surface area contributed by atoms with Crippen molar-refractivity contribution in [3.63, 3.8) is 0 Å². The molecule has 2 heterocycles. The van der Waals surface area contributed by atoms with E-state index in [1.165, 1.54) is 21.7 Å². The monoisotopic (exact) mass is 862 g/mol. The summed E-state index contributed by atoms with van der Waals surface area (Å²) in [6.07, 6.45) is 0.836. The van der Waals surface area contributed by atoms with Crippen LogP contribution in [0.5, 0.6) is 5.75 Å². The Hall–Kier alpha value is -4.98. The number of benzene rings is 2. The molecule has 2 aromatic carbocycles. The highest BCUT2D eigenvalue weighted by atomic mass is 16.5. The van der Waals surface area contributed by atoms with Gasteiger partial charge in [-0.3, -0.25) is 24.0 Å². The highest BCUT2D eigenvalue weighted by Crippen LogP contribution is 2.33. The van der Waals surface area contributed by atoms with Crippen LogP contribution in [-0.4, -0.2) is 131 Å². The number of methoxy groups -OCH3 is 1. The molecule has 0 unspecified atom stereocenters. The standard InChI is InChI=1S/C48H71N5O9/c1-13-30(3)41-46(59)53-23-15-18-38(53)47(60)62-40(48(6,7)8)25-29(2)24-39(54)31(4)43(56)50(9)28-34-16-14-17-35(26-34)42(55)49-37(27-33-19-21-36(61-12)22-20-33)45(58)51(10)32(5)44(57)52(41)11/h14,16-17,19-22,26,29-32,37-41,54H,13,15,18,23-25,27-28H2,1-12H3,(H,49,55)/t29-,30-,31-,32-,37-,38-,39-,40-,41-/m0/s1. The third-order valence-electron chi connectivity index (χ3n) is 12.9. The van der Waals surface area contributed by atoms with E-state index in [-0.39, 0.29) is 48.6 Å². The van der Waals surface area contributed by atoms with Crippen LogP contribution in [0.2, 0.25) is 0 Å². The summed E-state index contributed by atoms with van der Waals surface area (Å²) >= 11 is 0. The summed E-state index contributed by atoms with van der Waals surface area (Å²) in [5, 5.41) is 14.2. The van der Waals surface area contributed by atoms with Crippen molar-refractivity contribution in [2.24, 2.45) is 23.2 Å². The van der Waals surface area contributed by atoms with E-state index < -0.39 is 71.4 Å². The van der Waals surface area contributed by atoms with Crippen molar-refractivity contribution in [3.8, 4) is 5.75 Å². The van der Waals surface area contributed by atoms with Crippen LogP contribution in [0, 0.1) is 23.2 Å². The van der Waals surface area contributed by atoms with Crippen molar-refractivity contribution in [3.05, 3.63) is 65.2 Å². The minimum atomic E-state index is -1.10. The second kappa shape index (κ2) is 21.4. The third kappa shape index (κ3) is 12.1. The molecule has 14 heteroatoms. The predicted octanol–water partition coefficient (Wildman–Crippen LogP) is 5.09. The molecule has 0 radical (unpaired) electrons. The normalized spacial score (nSPS) is 27.8. The van der Waals surface area contributed by atoms with Crippen LogP contribution in [0.1, 0.15) is 109 Å². The molecule has 4 rings (SSSR count). The van der Waals surface area contributed by atoms with Crippen LogP contribution >= 0.6 is 0 Å². The van der Waals surface area contributed by atoms with Gasteiger partial charge in [-0.15, -0.1) is 0 Å². The summed E-state index contributed by atoms with van der Waals surface area (Å²) in [4.78, 5) is 91.0. The molecule has 2 aromatic rings. The highest BCUT2D eigenvalue weighted by Gasteiger charge is 2.44. The second-order valence-corrected chi connectivity index (χ2v) is 18.8. The van der Waals surface area contributed by atoms with Crippen LogP contribution in [0.3, 0.4) is 0 Å². The van der Waals surface area contributed by atoms with Gasteiger partial charge in [0, 0.05) is 46.2 Å². The summed E-state index contributed by atoms with van der Waals surface area (Å²) in [7, 11) is 6.26. The first kappa shape index (κ1) is 49.7. The van der Waals surface area contributed by atoms with Gasteiger partial charge in [-0.25, -0.2) is 4.79 Å². The Kier molecular flexibility index (Phi) is 17.1. The molecule has 0 spiro atoms. The van der Waals surface area contributed by atoms with Gasteiger partial charge in [0.1, 0.15) is 36.0 Å². The van der Waals surface area contributed by atoms with Crippen molar-refractivity contribution in [2.45, 2.75) is 137 Å². The Morgan fingerprint density at radius 2 is 1.55 bits per heavy atom. The fourth-order valence-corrected chi connectivity index (χ4v) is 8.48. The van der Waals surface area contributed by atoms with E-state index in [0.29, 0.717) is 43.5 Å². The van der Waals surface area contributed by atoms with Crippen LogP contribution in [0.15, 0.2) is 48.5 Å². The van der Waals surface area contributed by atoms with Crippen molar-refractivity contribution < 1.29 is 43.3 Å². The molecule has 14 nitrogen and oxygen atoms in total. The van der Waals surface area contributed by atoms with E-state index in [4.69, 9.17) is 9.47 Å². The van der Waals surface area contributed by atoms with Crippen LogP contribution in [0.4, 0.5) is 0 Å². The maximum absolute atomic E-state index is 14.6. The maximum Gasteiger partial charge on any atom is 0.329 e. The average Bonchev–Trinajstić information content (AvgIpc) is 3.74. The van der Waals surface area contributed by atoms with Gasteiger partial charge in [-0.1, -0.05) is 79.2 Å². The first-order chi connectivity index (χ1) is 29.1. The number of nitrogens with zero attached hydrogens (tertiary/aromatic N) is 4. The molecule has 2 aliphatic rings. The molecule has 1 fully saturated rings. The highest BCUT2D eigenvalue weighted by molar-refractivity contribution is 5.99. The number of fused-ring (bicyclic) bond motifs is 3. The van der Waals surface area contributed by atoms with Gasteiger partial charge in [0.05, 0.1) is 19.1 Å². The zero-order valence-electron chi connectivity index (χ0n) is 39.0. The number of nitrogens with one attached hydrogen (secondary N) is 1. The number of hydrogen-bond donors (Lipinski definition) is 2. The molecular weight excluding hydrogens is 791 g/mol. The Balaban J connectivity index is 1.76. The Labute approximate surface area is 368 Å². The number of carbonyl (C=O) groups excluding carboxylic acids is 6. The molecule has 0 aliphatic carbocycles. The summed E-state index contributed by atoms with van der Waals surface area (Å²) in [5.41, 5.74) is 1.21. The Morgan fingerprint density at radius 1 is 0.887 bits per heavy atom. The summed E-state index contributed by atoms with van der Waals surface area (Å²) in [6.45, 7) is 15.5. The third-order valence-corrected chi connectivity index (χ3v) is 12.9. The second-order valence-electron chi connectivity index (χ2n) is 18.8. The minimum absolute atomic E-state index is 0.0991. The Bertz CT molecular complexity index is 1900. The van der Waals surface area contributed by atoms with E-state index in [9.17, 15) is 33.9 Å². The van der Waals surface area contributed by atoms with E-state index in [2.05, 4.69) is 5.32 Å². The van der Waals surface area contributed by atoms with E-state index in [1.54, 1.807) is 88.5 Å². The van der Waals surface area contributed by atoms with Crippen LogP contribution in [0.25, 0.3) is 0 Å². The molecule has 1 saturated heterocycles. The molecule has 5 amide bonds. The molecule has 9 atom stereocenters. The molecular formula is C48H71N5O9. The zero-order chi connectivity index (χ0) is 46.2. The Morgan fingerprint density at radius 3 is 2.16 bits per heavy atom. The number of cyclic esters (lactones) is 1. The van der Waals surface area contributed by atoms with Crippen LogP contribution in [-0.2, 0) is 41.7 Å². The van der Waals surface area contributed by atoms with Gasteiger partial charge in [-0.2, -0.15) is 0 Å². The maximum atomic E-state index is 14.6. The molecule has 62 heavy (non-hydrogen) atoms. The predicted molar refractivity (Wildman–Crippen MR) is 237 cm³/mol.